The summed E-state index contributed by atoms with van der Waals surface area (Å²) in [6.45, 7) is 6.39. The zero-order valence-electron chi connectivity index (χ0n) is 14.4. The molecule has 1 aliphatic rings. The smallest absolute Gasteiger partial charge is 0.254 e. The van der Waals surface area contributed by atoms with Crippen LogP contribution in [-0.2, 0) is 14.8 Å². The minimum Gasteiger partial charge on any atom is -0.378 e. The lowest BCUT2D eigenvalue weighted by molar-refractivity contribution is 0.0302. The molecule has 1 aromatic rings. The number of hydrogen-bond acceptors (Lipinski definition) is 4. The molecular weight excluding hydrogens is 328 g/mol. The molecule has 1 aromatic carbocycles. The number of nitrogens with one attached hydrogen (secondary N) is 1. The fourth-order valence-electron chi connectivity index (χ4n) is 2.60. The predicted octanol–water partition coefficient (Wildman–Crippen LogP) is 1.94. The number of aryl methyl sites for hydroxylation is 1. The molecule has 1 N–H and O–H groups in total. The Bertz CT molecular complexity index is 667. The molecule has 0 atom stereocenters. The summed E-state index contributed by atoms with van der Waals surface area (Å²) in [6.07, 6.45) is 2.82. The van der Waals surface area contributed by atoms with Crippen molar-refractivity contribution in [1.82, 2.24) is 9.62 Å². The zero-order chi connectivity index (χ0) is 17.6. The topological polar surface area (TPSA) is 75.7 Å². The first-order chi connectivity index (χ1) is 11.5. The fourth-order valence-corrected chi connectivity index (χ4v) is 3.70. The third-order valence-electron chi connectivity index (χ3n) is 4.12. The first-order valence-corrected chi connectivity index (χ1v) is 9.91. The maximum absolute atomic E-state index is 12.7. The molecule has 0 aromatic heterocycles. The van der Waals surface area contributed by atoms with Crippen LogP contribution < -0.4 is 4.72 Å². The van der Waals surface area contributed by atoms with E-state index in [4.69, 9.17) is 4.74 Å². The molecule has 0 aliphatic carbocycles. The van der Waals surface area contributed by atoms with E-state index in [2.05, 4.69) is 11.6 Å². The second-order valence-corrected chi connectivity index (χ2v) is 7.75. The molecule has 0 radical (unpaired) electrons. The largest absolute Gasteiger partial charge is 0.378 e. The van der Waals surface area contributed by atoms with Crippen LogP contribution in [0, 0.1) is 6.92 Å². The van der Waals surface area contributed by atoms with Crippen LogP contribution in [-0.4, -0.2) is 52.1 Å². The molecule has 7 heteroatoms. The van der Waals surface area contributed by atoms with E-state index >= 15 is 0 Å². The number of unbranched alkanes of at least 4 members (excludes halogenated alkanes) is 2. The summed E-state index contributed by atoms with van der Waals surface area (Å²) in [5.74, 6) is -0.140. The molecular formula is C17H26N2O4S. The van der Waals surface area contributed by atoms with Crippen molar-refractivity contribution in [3.63, 3.8) is 0 Å². The van der Waals surface area contributed by atoms with Crippen LogP contribution in [0.4, 0.5) is 0 Å². The van der Waals surface area contributed by atoms with Crippen molar-refractivity contribution in [3.05, 3.63) is 29.3 Å². The Kier molecular flexibility index (Phi) is 6.77. The Hall–Kier alpha value is -1.44. The average molecular weight is 354 g/mol. The van der Waals surface area contributed by atoms with Gasteiger partial charge in [-0.05, 0) is 31.0 Å². The van der Waals surface area contributed by atoms with Gasteiger partial charge in [0.2, 0.25) is 10.0 Å². The molecule has 24 heavy (non-hydrogen) atoms. The number of sulfonamides is 1. The standard InChI is InChI=1S/C17H26N2O4S/c1-3-4-5-8-18-24(21,22)15-7-6-14(2)16(13-15)17(20)19-9-11-23-12-10-19/h6-7,13,18H,3-5,8-12H2,1-2H3. The average Bonchev–Trinajstić information content (AvgIpc) is 2.59. The summed E-state index contributed by atoms with van der Waals surface area (Å²) < 4.78 is 32.7. The molecule has 1 heterocycles. The molecule has 1 amide bonds. The molecule has 1 aliphatic heterocycles. The normalized spacial score (nSPS) is 15.5. The Morgan fingerprint density at radius 3 is 2.62 bits per heavy atom. The molecule has 0 saturated carbocycles. The van der Waals surface area contributed by atoms with Crippen LogP contribution in [0.15, 0.2) is 23.1 Å². The third kappa shape index (κ3) is 4.78. The number of ether oxygens (including phenoxy) is 1. The van der Waals surface area contributed by atoms with Gasteiger partial charge >= 0.3 is 0 Å². The van der Waals surface area contributed by atoms with Gasteiger partial charge in [0.25, 0.3) is 5.91 Å². The van der Waals surface area contributed by atoms with E-state index in [1.165, 1.54) is 6.07 Å². The van der Waals surface area contributed by atoms with Gasteiger partial charge in [-0.25, -0.2) is 13.1 Å². The first-order valence-electron chi connectivity index (χ1n) is 8.43. The van der Waals surface area contributed by atoms with Crippen molar-refractivity contribution < 1.29 is 17.9 Å². The molecule has 2 rings (SSSR count). The Morgan fingerprint density at radius 2 is 1.96 bits per heavy atom. The van der Waals surface area contributed by atoms with Crippen LogP contribution in [0.2, 0.25) is 0 Å². The van der Waals surface area contributed by atoms with E-state index in [1.807, 2.05) is 6.92 Å². The lowest BCUT2D eigenvalue weighted by atomic mass is 10.1. The second kappa shape index (κ2) is 8.60. The van der Waals surface area contributed by atoms with Crippen LogP contribution >= 0.6 is 0 Å². The van der Waals surface area contributed by atoms with E-state index < -0.39 is 10.0 Å². The molecule has 0 bridgehead atoms. The molecule has 1 fully saturated rings. The predicted molar refractivity (Wildman–Crippen MR) is 92.6 cm³/mol. The molecule has 134 valence electrons. The highest BCUT2D eigenvalue weighted by atomic mass is 32.2. The summed E-state index contributed by atoms with van der Waals surface area (Å²) in [5, 5.41) is 0. The van der Waals surface area contributed by atoms with Crippen molar-refractivity contribution in [1.29, 1.82) is 0 Å². The molecule has 1 saturated heterocycles. The number of nitrogens with zero attached hydrogens (tertiary/aromatic N) is 1. The van der Waals surface area contributed by atoms with Crippen molar-refractivity contribution in [2.24, 2.45) is 0 Å². The number of carbonyl (C=O) groups excluding carboxylic acids is 1. The highest BCUT2D eigenvalue weighted by Gasteiger charge is 2.22. The van der Waals surface area contributed by atoms with Crippen molar-refractivity contribution in [2.75, 3.05) is 32.8 Å². The quantitative estimate of drug-likeness (QED) is 0.759. The van der Waals surface area contributed by atoms with Gasteiger partial charge in [0.05, 0.1) is 18.1 Å². The highest BCUT2D eigenvalue weighted by Crippen LogP contribution is 2.18. The lowest BCUT2D eigenvalue weighted by Crippen LogP contribution is -2.41. The van der Waals surface area contributed by atoms with Crippen LogP contribution in [0.25, 0.3) is 0 Å². The number of carbonyl (C=O) groups is 1. The summed E-state index contributed by atoms with van der Waals surface area (Å²) >= 11 is 0. The number of hydrogen-bond donors (Lipinski definition) is 1. The van der Waals surface area contributed by atoms with Gasteiger partial charge in [0, 0.05) is 25.2 Å². The molecule has 6 nitrogen and oxygen atoms in total. The summed E-state index contributed by atoms with van der Waals surface area (Å²) in [6, 6.07) is 4.72. The Morgan fingerprint density at radius 1 is 1.25 bits per heavy atom. The van der Waals surface area contributed by atoms with Gasteiger partial charge < -0.3 is 9.64 Å². The van der Waals surface area contributed by atoms with E-state index in [-0.39, 0.29) is 10.8 Å². The van der Waals surface area contributed by atoms with Crippen molar-refractivity contribution in [3.8, 4) is 0 Å². The van der Waals surface area contributed by atoms with E-state index in [0.29, 0.717) is 38.4 Å². The minimum absolute atomic E-state index is 0.140. The molecule has 0 unspecified atom stereocenters. The van der Waals surface area contributed by atoms with Gasteiger partial charge in [-0.15, -0.1) is 0 Å². The van der Waals surface area contributed by atoms with Crippen LogP contribution in [0.5, 0.6) is 0 Å². The highest BCUT2D eigenvalue weighted by molar-refractivity contribution is 7.89. The van der Waals surface area contributed by atoms with Crippen molar-refractivity contribution >= 4 is 15.9 Å². The first kappa shape index (κ1) is 18.9. The van der Waals surface area contributed by atoms with Gasteiger partial charge in [-0.3, -0.25) is 4.79 Å². The summed E-state index contributed by atoms with van der Waals surface area (Å²) in [4.78, 5) is 14.5. The Balaban J connectivity index is 2.16. The number of morpholine rings is 1. The fraction of sp³-hybridized carbons (Fsp3) is 0.588. The van der Waals surface area contributed by atoms with Crippen molar-refractivity contribution in [2.45, 2.75) is 38.0 Å². The van der Waals surface area contributed by atoms with Gasteiger partial charge in [0.15, 0.2) is 0 Å². The maximum Gasteiger partial charge on any atom is 0.254 e. The van der Waals surface area contributed by atoms with Crippen LogP contribution in [0.3, 0.4) is 0 Å². The Labute approximate surface area is 144 Å². The second-order valence-electron chi connectivity index (χ2n) is 5.99. The number of benzene rings is 1. The van der Waals surface area contributed by atoms with E-state index in [1.54, 1.807) is 17.0 Å². The number of amides is 1. The minimum atomic E-state index is -3.59. The number of rotatable bonds is 7. The summed E-state index contributed by atoms with van der Waals surface area (Å²) in [5.41, 5.74) is 1.21. The maximum atomic E-state index is 12.7. The van der Waals surface area contributed by atoms with Gasteiger partial charge in [-0.1, -0.05) is 25.8 Å². The van der Waals surface area contributed by atoms with E-state index in [9.17, 15) is 13.2 Å². The summed E-state index contributed by atoms with van der Waals surface area (Å²) in [7, 11) is -3.59. The monoisotopic (exact) mass is 354 g/mol. The molecule has 0 spiro atoms. The third-order valence-corrected chi connectivity index (χ3v) is 5.58. The van der Waals surface area contributed by atoms with Gasteiger partial charge in [0.1, 0.15) is 0 Å². The van der Waals surface area contributed by atoms with Crippen LogP contribution in [0.1, 0.15) is 42.1 Å². The SMILES string of the molecule is CCCCCNS(=O)(=O)c1ccc(C)c(C(=O)N2CCOCC2)c1. The van der Waals surface area contributed by atoms with Gasteiger partial charge in [-0.2, -0.15) is 0 Å². The lowest BCUT2D eigenvalue weighted by Gasteiger charge is -2.27. The zero-order valence-corrected chi connectivity index (χ0v) is 15.2. The van der Waals surface area contributed by atoms with E-state index in [0.717, 1.165) is 24.8 Å².